The van der Waals surface area contributed by atoms with Gasteiger partial charge in [0.05, 0.1) is 5.56 Å². The van der Waals surface area contributed by atoms with Crippen LogP contribution in [-0.2, 0) is 11.0 Å². The Morgan fingerprint density at radius 3 is 2.59 bits per heavy atom. The van der Waals surface area contributed by atoms with Gasteiger partial charge in [-0.05, 0) is 43.2 Å². The lowest BCUT2D eigenvalue weighted by atomic mass is 10.2. The Kier molecular flexibility index (Phi) is 5.78. The summed E-state index contributed by atoms with van der Waals surface area (Å²) in [6.45, 7) is 2.20. The van der Waals surface area contributed by atoms with Crippen molar-refractivity contribution in [3.05, 3.63) is 42.1 Å². The number of amides is 1. The van der Waals surface area contributed by atoms with Gasteiger partial charge in [-0.2, -0.15) is 18.2 Å². The third-order valence-electron chi connectivity index (χ3n) is 4.21. The first-order valence-electron chi connectivity index (χ1n) is 8.71. The van der Waals surface area contributed by atoms with E-state index in [9.17, 15) is 18.0 Å². The van der Waals surface area contributed by atoms with Crippen LogP contribution in [0.1, 0.15) is 24.8 Å². The van der Waals surface area contributed by atoms with E-state index in [0.29, 0.717) is 31.0 Å². The van der Waals surface area contributed by atoms with E-state index in [1.165, 1.54) is 12.1 Å². The molecule has 0 unspecified atom stereocenters. The predicted octanol–water partition coefficient (Wildman–Crippen LogP) is 3.66. The molecule has 0 aliphatic carbocycles. The van der Waals surface area contributed by atoms with Gasteiger partial charge < -0.3 is 15.5 Å². The molecule has 1 saturated heterocycles. The molecule has 0 spiro atoms. The van der Waals surface area contributed by atoms with Gasteiger partial charge in [-0.25, -0.2) is 4.98 Å². The van der Waals surface area contributed by atoms with Crippen LogP contribution in [-0.4, -0.2) is 40.4 Å². The van der Waals surface area contributed by atoms with E-state index >= 15 is 0 Å². The molecule has 1 aromatic carbocycles. The van der Waals surface area contributed by atoms with Gasteiger partial charge in [-0.1, -0.05) is 0 Å². The highest BCUT2D eigenvalue weighted by Gasteiger charge is 2.29. The maximum absolute atomic E-state index is 12.6. The number of carbonyl (C=O) groups is 1. The summed E-state index contributed by atoms with van der Waals surface area (Å²) >= 11 is 0. The smallest absolute Gasteiger partial charge is 0.370 e. The van der Waals surface area contributed by atoms with Crippen molar-refractivity contribution in [1.29, 1.82) is 0 Å². The number of carbonyl (C=O) groups excluding carboxylic acids is 1. The Balaban J connectivity index is 1.50. The molecule has 1 aliphatic rings. The molecule has 0 saturated carbocycles. The predicted molar refractivity (Wildman–Crippen MR) is 95.7 cm³/mol. The Labute approximate surface area is 154 Å². The van der Waals surface area contributed by atoms with Crippen LogP contribution in [0.4, 0.5) is 30.6 Å². The number of anilines is 3. The summed E-state index contributed by atoms with van der Waals surface area (Å²) in [4.78, 5) is 21.8. The van der Waals surface area contributed by atoms with Crippen LogP contribution in [0.3, 0.4) is 0 Å². The zero-order valence-corrected chi connectivity index (χ0v) is 14.6. The minimum Gasteiger partial charge on any atom is -0.370 e. The van der Waals surface area contributed by atoms with Crippen molar-refractivity contribution in [2.45, 2.75) is 25.4 Å². The summed E-state index contributed by atoms with van der Waals surface area (Å²) in [5.41, 5.74) is -0.242. The molecule has 0 bridgehead atoms. The molecule has 9 heteroatoms. The second-order valence-corrected chi connectivity index (χ2v) is 6.23. The van der Waals surface area contributed by atoms with Gasteiger partial charge >= 0.3 is 6.18 Å². The van der Waals surface area contributed by atoms with Crippen molar-refractivity contribution < 1.29 is 18.0 Å². The quantitative estimate of drug-likeness (QED) is 0.719. The molecular weight excluding hydrogens is 359 g/mol. The Bertz CT molecular complexity index is 779. The second-order valence-electron chi connectivity index (χ2n) is 6.23. The van der Waals surface area contributed by atoms with Gasteiger partial charge in [-0.3, -0.25) is 4.79 Å². The number of hydrogen-bond acceptors (Lipinski definition) is 5. The maximum Gasteiger partial charge on any atom is 0.416 e. The van der Waals surface area contributed by atoms with E-state index in [1.54, 1.807) is 12.3 Å². The standard InChI is InChI=1S/C18H20F3N5O/c19-18(20,21)13-4-6-14(7-5-13)24-17-23-10-8-15(25-17)22-9-2-12-26-11-1-3-16(26)27/h4-8,10H,1-3,9,11-12H2,(H2,22,23,24,25). The maximum atomic E-state index is 12.6. The number of hydrogen-bond donors (Lipinski definition) is 2. The zero-order chi connectivity index (χ0) is 19.3. The summed E-state index contributed by atoms with van der Waals surface area (Å²) in [5.74, 6) is 1.10. The van der Waals surface area contributed by atoms with Crippen LogP contribution in [0, 0.1) is 0 Å². The fourth-order valence-corrected chi connectivity index (χ4v) is 2.82. The first-order valence-corrected chi connectivity index (χ1v) is 8.71. The monoisotopic (exact) mass is 379 g/mol. The highest BCUT2D eigenvalue weighted by Crippen LogP contribution is 2.30. The topological polar surface area (TPSA) is 70.2 Å². The number of nitrogens with zero attached hydrogens (tertiary/aromatic N) is 3. The van der Waals surface area contributed by atoms with E-state index in [-0.39, 0.29) is 11.9 Å². The van der Waals surface area contributed by atoms with Gasteiger partial charge in [0.25, 0.3) is 0 Å². The fourth-order valence-electron chi connectivity index (χ4n) is 2.82. The molecule has 2 heterocycles. The molecule has 6 nitrogen and oxygen atoms in total. The van der Waals surface area contributed by atoms with Gasteiger partial charge in [-0.15, -0.1) is 0 Å². The molecule has 0 atom stereocenters. The molecule has 1 aromatic heterocycles. The molecule has 27 heavy (non-hydrogen) atoms. The first kappa shape index (κ1) is 18.9. The van der Waals surface area contributed by atoms with Crippen LogP contribution in [0.5, 0.6) is 0 Å². The van der Waals surface area contributed by atoms with E-state index in [2.05, 4.69) is 20.6 Å². The van der Waals surface area contributed by atoms with Crippen molar-refractivity contribution >= 4 is 23.4 Å². The lowest BCUT2D eigenvalue weighted by molar-refractivity contribution is -0.137. The summed E-state index contributed by atoms with van der Waals surface area (Å²) in [6.07, 6.45) is -0.433. The lowest BCUT2D eigenvalue weighted by Gasteiger charge is -2.15. The highest BCUT2D eigenvalue weighted by molar-refractivity contribution is 5.78. The molecule has 144 valence electrons. The molecule has 0 radical (unpaired) electrons. The zero-order valence-electron chi connectivity index (χ0n) is 14.6. The summed E-state index contributed by atoms with van der Waals surface area (Å²) in [5, 5.41) is 6.04. The van der Waals surface area contributed by atoms with Crippen LogP contribution < -0.4 is 10.6 Å². The van der Waals surface area contributed by atoms with Crippen molar-refractivity contribution in [3.63, 3.8) is 0 Å². The Morgan fingerprint density at radius 2 is 1.93 bits per heavy atom. The van der Waals surface area contributed by atoms with E-state index in [0.717, 1.165) is 31.5 Å². The summed E-state index contributed by atoms with van der Waals surface area (Å²) in [7, 11) is 0. The first-order chi connectivity index (χ1) is 12.9. The highest BCUT2D eigenvalue weighted by atomic mass is 19.4. The molecular formula is C18H20F3N5O. The third-order valence-corrected chi connectivity index (χ3v) is 4.21. The molecule has 2 N–H and O–H groups in total. The molecule has 1 aliphatic heterocycles. The van der Waals surface area contributed by atoms with Gasteiger partial charge in [0.2, 0.25) is 11.9 Å². The minimum atomic E-state index is -4.36. The average molecular weight is 379 g/mol. The van der Waals surface area contributed by atoms with Crippen molar-refractivity contribution in [2.24, 2.45) is 0 Å². The van der Waals surface area contributed by atoms with Gasteiger partial charge in [0.15, 0.2) is 0 Å². The number of aromatic nitrogens is 2. The summed E-state index contributed by atoms with van der Waals surface area (Å²) in [6, 6.07) is 6.38. The van der Waals surface area contributed by atoms with Gasteiger partial charge in [0.1, 0.15) is 5.82 Å². The molecule has 1 fully saturated rings. The Hall–Kier alpha value is -2.84. The normalized spacial score (nSPS) is 14.5. The average Bonchev–Trinajstić information content (AvgIpc) is 3.04. The van der Waals surface area contributed by atoms with Gasteiger partial charge in [0, 0.05) is 37.9 Å². The lowest BCUT2D eigenvalue weighted by Crippen LogP contribution is -2.27. The minimum absolute atomic E-state index is 0.208. The number of rotatable bonds is 7. The third kappa shape index (κ3) is 5.32. The van der Waals surface area contributed by atoms with E-state index < -0.39 is 11.7 Å². The molecule has 1 amide bonds. The SMILES string of the molecule is O=C1CCCN1CCCNc1ccnc(Nc2ccc(C(F)(F)F)cc2)n1. The summed E-state index contributed by atoms with van der Waals surface area (Å²) < 4.78 is 37.8. The number of alkyl halides is 3. The van der Waals surface area contributed by atoms with E-state index in [1.807, 2.05) is 4.90 Å². The number of nitrogens with one attached hydrogen (secondary N) is 2. The van der Waals surface area contributed by atoms with Crippen LogP contribution in [0.2, 0.25) is 0 Å². The number of halogens is 3. The van der Waals surface area contributed by atoms with Crippen LogP contribution >= 0.6 is 0 Å². The largest absolute Gasteiger partial charge is 0.416 e. The fraction of sp³-hybridized carbons (Fsp3) is 0.389. The molecule has 2 aromatic rings. The molecule has 3 rings (SSSR count). The van der Waals surface area contributed by atoms with Crippen molar-refractivity contribution in [2.75, 3.05) is 30.3 Å². The van der Waals surface area contributed by atoms with Crippen molar-refractivity contribution in [3.8, 4) is 0 Å². The van der Waals surface area contributed by atoms with Crippen LogP contribution in [0.25, 0.3) is 0 Å². The Morgan fingerprint density at radius 1 is 1.15 bits per heavy atom. The second kappa shape index (κ2) is 8.24. The van der Waals surface area contributed by atoms with Crippen molar-refractivity contribution in [1.82, 2.24) is 14.9 Å². The van der Waals surface area contributed by atoms with E-state index in [4.69, 9.17) is 0 Å². The number of likely N-dealkylation sites (tertiary alicyclic amines) is 1. The number of benzene rings is 1. The van der Waals surface area contributed by atoms with Crippen LogP contribution in [0.15, 0.2) is 36.5 Å².